The maximum absolute atomic E-state index is 14.4. The van der Waals surface area contributed by atoms with Gasteiger partial charge in [-0.05, 0) is 64.4 Å². The number of piperidine rings is 1. The Kier molecular flexibility index (Phi) is 5.83. The predicted octanol–water partition coefficient (Wildman–Crippen LogP) is 3.48. The van der Waals surface area contributed by atoms with Crippen LogP contribution in [-0.4, -0.2) is 37.5 Å². The standard InChI is InChI=1S/C18H27FN2O3/c1-17(2,3)24-16(22)21-14-6-5-13(15(19)11-14)12-18(23-4)7-9-20-10-8-18/h5-6,11,20H,7-10,12H2,1-4H3,(H,21,22). The van der Waals surface area contributed by atoms with Crippen LogP contribution in [0, 0.1) is 5.82 Å². The second-order valence-corrected chi connectivity index (χ2v) is 7.25. The van der Waals surface area contributed by atoms with E-state index in [0.29, 0.717) is 17.7 Å². The first-order chi connectivity index (χ1) is 11.2. The summed E-state index contributed by atoms with van der Waals surface area (Å²) in [6.07, 6.45) is 1.62. The van der Waals surface area contributed by atoms with Crippen LogP contribution in [0.3, 0.4) is 0 Å². The maximum Gasteiger partial charge on any atom is 0.412 e. The summed E-state index contributed by atoms with van der Waals surface area (Å²) in [5, 5.41) is 5.84. The molecule has 134 valence electrons. The van der Waals surface area contributed by atoms with E-state index < -0.39 is 11.7 Å². The van der Waals surface area contributed by atoms with Crippen molar-refractivity contribution >= 4 is 11.8 Å². The molecule has 0 unspecified atom stereocenters. The van der Waals surface area contributed by atoms with Crippen LogP contribution in [0.25, 0.3) is 0 Å². The largest absolute Gasteiger partial charge is 0.444 e. The zero-order chi connectivity index (χ0) is 17.8. The molecular formula is C18H27FN2O3. The van der Waals surface area contributed by atoms with Crippen LogP contribution in [0.15, 0.2) is 18.2 Å². The number of benzene rings is 1. The minimum atomic E-state index is -0.596. The Morgan fingerprint density at radius 1 is 1.33 bits per heavy atom. The highest BCUT2D eigenvalue weighted by molar-refractivity contribution is 5.84. The molecule has 2 rings (SSSR count). The first-order valence-electron chi connectivity index (χ1n) is 8.27. The van der Waals surface area contributed by atoms with Gasteiger partial charge < -0.3 is 14.8 Å². The molecule has 24 heavy (non-hydrogen) atoms. The van der Waals surface area contributed by atoms with Gasteiger partial charge in [0.05, 0.1) is 5.60 Å². The van der Waals surface area contributed by atoms with Crippen LogP contribution in [0.4, 0.5) is 14.9 Å². The molecule has 0 spiro atoms. The number of anilines is 1. The van der Waals surface area contributed by atoms with Gasteiger partial charge in [-0.1, -0.05) is 6.07 Å². The van der Waals surface area contributed by atoms with Crippen molar-refractivity contribution in [2.75, 3.05) is 25.5 Å². The average molecular weight is 338 g/mol. The Balaban J connectivity index is 2.05. The minimum absolute atomic E-state index is 0.327. The van der Waals surface area contributed by atoms with Gasteiger partial charge in [0.15, 0.2) is 0 Å². The first-order valence-corrected chi connectivity index (χ1v) is 8.27. The van der Waals surface area contributed by atoms with Crippen molar-refractivity contribution in [3.8, 4) is 0 Å². The number of hydrogen-bond acceptors (Lipinski definition) is 4. The van der Waals surface area contributed by atoms with Crippen LogP contribution >= 0.6 is 0 Å². The summed E-state index contributed by atoms with van der Waals surface area (Å²) in [4.78, 5) is 11.8. The van der Waals surface area contributed by atoms with Crippen molar-refractivity contribution in [1.82, 2.24) is 5.32 Å². The number of halogens is 1. The highest BCUT2D eigenvalue weighted by Gasteiger charge is 2.32. The molecular weight excluding hydrogens is 311 g/mol. The van der Waals surface area contributed by atoms with Gasteiger partial charge in [0.1, 0.15) is 11.4 Å². The Morgan fingerprint density at radius 2 is 2.00 bits per heavy atom. The lowest BCUT2D eigenvalue weighted by molar-refractivity contribution is -0.0339. The second-order valence-electron chi connectivity index (χ2n) is 7.25. The summed E-state index contributed by atoms with van der Waals surface area (Å²) in [6.45, 7) is 7.07. The van der Waals surface area contributed by atoms with E-state index in [1.165, 1.54) is 6.07 Å². The lowest BCUT2D eigenvalue weighted by Gasteiger charge is -2.36. The van der Waals surface area contributed by atoms with Crippen LogP contribution < -0.4 is 10.6 Å². The van der Waals surface area contributed by atoms with Crippen LogP contribution in [0.1, 0.15) is 39.2 Å². The summed E-state index contributed by atoms with van der Waals surface area (Å²) in [5.74, 6) is -0.349. The average Bonchev–Trinajstić information content (AvgIpc) is 2.49. The second kappa shape index (κ2) is 7.49. The molecule has 0 bridgehead atoms. The smallest absolute Gasteiger partial charge is 0.412 e. The number of hydrogen-bond donors (Lipinski definition) is 2. The number of methoxy groups -OCH3 is 1. The molecule has 1 aromatic carbocycles. The number of ether oxygens (including phenoxy) is 2. The van der Waals surface area contributed by atoms with Gasteiger partial charge in [-0.2, -0.15) is 0 Å². The molecule has 1 saturated heterocycles. The van der Waals surface area contributed by atoms with Crippen molar-refractivity contribution in [3.63, 3.8) is 0 Å². The van der Waals surface area contributed by atoms with Crippen molar-refractivity contribution in [2.24, 2.45) is 0 Å². The van der Waals surface area contributed by atoms with E-state index in [4.69, 9.17) is 9.47 Å². The molecule has 1 aliphatic heterocycles. The van der Waals surface area contributed by atoms with Crippen LogP contribution in [0.5, 0.6) is 0 Å². The SMILES string of the molecule is COC1(Cc2ccc(NC(=O)OC(C)(C)C)cc2F)CCNCC1. The van der Waals surface area contributed by atoms with Crippen molar-refractivity contribution in [1.29, 1.82) is 0 Å². The zero-order valence-electron chi connectivity index (χ0n) is 14.9. The summed E-state index contributed by atoms with van der Waals surface area (Å²) in [6, 6.07) is 4.71. The molecule has 0 aromatic heterocycles. The van der Waals surface area contributed by atoms with E-state index in [9.17, 15) is 9.18 Å². The van der Waals surface area contributed by atoms with Gasteiger partial charge in [0.2, 0.25) is 0 Å². The van der Waals surface area contributed by atoms with Crippen molar-refractivity contribution < 1.29 is 18.7 Å². The van der Waals surface area contributed by atoms with Gasteiger partial charge in [-0.25, -0.2) is 9.18 Å². The number of nitrogens with one attached hydrogen (secondary N) is 2. The summed E-state index contributed by atoms with van der Waals surface area (Å²) in [7, 11) is 1.68. The Hall–Kier alpha value is -1.66. The van der Waals surface area contributed by atoms with Gasteiger partial charge in [0, 0.05) is 19.2 Å². The first kappa shape index (κ1) is 18.7. The van der Waals surface area contributed by atoms with E-state index in [1.807, 2.05) is 0 Å². The Labute approximate surface area is 142 Å². The maximum atomic E-state index is 14.4. The lowest BCUT2D eigenvalue weighted by Crippen LogP contribution is -2.45. The molecule has 1 aromatic rings. The van der Waals surface area contributed by atoms with Gasteiger partial charge in [0.25, 0.3) is 0 Å². The quantitative estimate of drug-likeness (QED) is 0.882. The highest BCUT2D eigenvalue weighted by Crippen LogP contribution is 2.29. The molecule has 0 atom stereocenters. The summed E-state index contributed by atoms with van der Waals surface area (Å²) < 4.78 is 25.3. The van der Waals surface area contributed by atoms with Gasteiger partial charge in [-0.15, -0.1) is 0 Å². The van der Waals surface area contributed by atoms with Gasteiger partial charge >= 0.3 is 6.09 Å². The summed E-state index contributed by atoms with van der Waals surface area (Å²) >= 11 is 0. The fourth-order valence-electron chi connectivity index (χ4n) is 2.87. The highest BCUT2D eigenvalue weighted by atomic mass is 19.1. The van der Waals surface area contributed by atoms with Gasteiger partial charge in [-0.3, -0.25) is 5.32 Å². The normalized spacial score (nSPS) is 17.4. The molecule has 0 radical (unpaired) electrons. The Morgan fingerprint density at radius 3 is 2.54 bits per heavy atom. The third-order valence-electron chi connectivity index (χ3n) is 4.16. The molecule has 1 fully saturated rings. The number of carbonyl (C=O) groups excluding carboxylic acids is 1. The zero-order valence-corrected chi connectivity index (χ0v) is 14.9. The number of rotatable bonds is 4. The minimum Gasteiger partial charge on any atom is -0.444 e. The molecule has 0 aliphatic carbocycles. The monoisotopic (exact) mass is 338 g/mol. The molecule has 0 saturated carbocycles. The molecule has 5 nitrogen and oxygen atoms in total. The van der Waals surface area contributed by atoms with E-state index in [0.717, 1.165) is 25.9 Å². The van der Waals surface area contributed by atoms with E-state index in [1.54, 1.807) is 40.0 Å². The van der Waals surface area contributed by atoms with E-state index >= 15 is 0 Å². The number of amides is 1. The Bertz CT molecular complexity index is 578. The van der Waals surface area contributed by atoms with Crippen LogP contribution in [0.2, 0.25) is 0 Å². The fourth-order valence-corrected chi connectivity index (χ4v) is 2.87. The lowest BCUT2D eigenvalue weighted by atomic mass is 9.85. The third kappa shape index (κ3) is 5.18. The van der Waals surface area contributed by atoms with Crippen molar-refractivity contribution in [3.05, 3.63) is 29.6 Å². The van der Waals surface area contributed by atoms with E-state index in [-0.39, 0.29) is 11.4 Å². The predicted molar refractivity (Wildman–Crippen MR) is 91.8 cm³/mol. The fraction of sp³-hybridized carbons (Fsp3) is 0.611. The van der Waals surface area contributed by atoms with E-state index in [2.05, 4.69) is 10.6 Å². The molecule has 2 N–H and O–H groups in total. The summed E-state index contributed by atoms with van der Waals surface area (Å²) in [5.41, 5.74) is 0.0463. The molecule has 6 heteroatoms. The molecule has 1 amide bonds. The molecule has 1 heterocycles. The third-order valence-corrected chi connectivity index (χ3v) is 4.16. The van der Waals surface area contributed by atoms with Crippen LogP contribution in [-0.2, 0) is 15.9 Å². The molecule has 1 aliphatic rings. The topological polar surface area (TPSA) is 59.6 Å². The van der Waals surface area contributed by atoms with Crippen molar-refractivity contribution in [2.45, 2.75) is 51.2 Å². The number of carbonyl (C=O) groups is 1.